The average Bonchev–Trinajstić information content (AvgIpc) is 3.04. The maximum atomic E-state index is 12.6. The number of benzene rings is 2. The van der Waals surface area contributed by atoms with Crippen LogP contribution in [0.1, 0.15) is 36.8 Å². The van der Waals surface area contributed by atoms with Gasteiger partial charge in [0.2, 0.25) is 15.9 Å². The molecule has 164 valence electrons. The number of nitrogens with zero attached hydrogens (tertiary/aromatic N) is 1. The molecule has 31 heavy (non-hydrogen) atoms. The molecule has 1 heterocycles. The summed E-state index contributed by atoms with van der Waals surface area (Å²) in [6, 6.07) is 10.3. The van der Waals surface area contributed by atoms with E-state index in [9.17, 15) is 18.0 Å². The van der Waals surface area contributed by atoms with Gasteiger partial charge in [0.1, 0.15) is 0 Å². The first-order valence-electron chi connectivity index (χ1n) is 10.3. The molecular weight excluding hydrogens is 418 g/mol. The maximum absolute atomic E-state index is 12.6. The van der Waals surface area contributed by atoms with Crippen LogP contribution in [0, 0.1) is 0 Å². The van der Waals surface area contributed by atoms with Crippen molar-refractivity contribution < 1.29 is 17.6 Å². The molecule has 0 saturated heterocycles. The Hall–Kier alpha value is -2.91. The Bertz CT molecular complexity index is 1290. The first-order valence-corrected chi connectivity index (χ1v) is 11.8. The summed E-state index contributed by atoms with van der Waals surface area (Å²) >= 11 is 0. The molecule has 1 aliphatic rings. The highest BCUT2D eigenvalue weighted by atomic mass is 32.2. The third-order valence-electron chi connectivity index (χ3n) is 5.58. The van der Waals surface area contributed by atoms with E-state index in [0.717, 1.165) is 31.2 Å². The van der Waals surface area contributed by atoms with Crippen molar-refractivity contribution in [3.63, 3.8) is 0 Å². The fourth-order valence-corrected chi connectivity index (χ4v) is 4.98. The summed E-state index contributed by atoms with van der Waals surface area (Å²) < 4.78 is 34.2. The summed E-state index contributed by atoms with van der Waals surface area (Å²) in [7, 11) is -1.99. The van der Waals surface area contributed by atoms with E-state index < -0.39 is 15.8 Å². The summed E-state index contributed by atoms with van der Waals surface area (Å²) in [5.74, 6) is -0.713. The number of carbonyl (C=O) groups is 1. The summed E-state index contributed by atoms with van der Waals surface area (Å²) in [6.45, 7) is 0.166. The topological polar surface area (TPSA) is 110 Å². The van der Waals surface area contributed by atoms with Crippen molar-refractivity contribution in [1.82, 2.24) is 9.29 Å². The standard InChI is InChI=1S/C22H25N3O5S/c1-25-19-11-9-17(14-20(19)30-22(25)27)24-21(26)7-4-12-23-31(28,29)18-10-8-15-5-2-3-6-16(15)13-18/h8-11,13-14,23H,2-7,12H2,1H3,(H,24,26). The molecule has 0 fully saturated rings. The van der Waals surface area contributed by atoms with Crippen molar-refractivity contribution in [2.45, 2.75) is 43.4 Å². The molecule has 2 N–H and O–H groups in total. The number of anilines is 1. The molecule has 3 aromatic rings. The van der Waals surface area contributed by atoms with E-state index in [1.807, 2.05) is 6.07 Å². The second kappa shape index (κ2) is 8.68. The van der Waals surface area contributed by atoms with Crippen LogP contribution in [0.2, 0.25) is 0 Å². The zero-order valence-corrected chi connectivity index (χ0v) is 18.1. The van der Waals surface area contributed by atoms with Crippen LogP contribution >= 0.6 is 0 Å². The van der Waals surface area contributed by atoms with Crippen LogP contribution in [0.15, 0.2) is 50.5 Å². The van der Waals surface area contributed by atoms with Crippen LogP contribution < -0.4 is 15.8 Å². The van der Waals surface area contributed by atoms with Gasteiger partial charge in [0, 0.05) is 31.8 Å². The lowest BCUT2D eigenvalue weighted by Gasteiger charge is -2.16. The summed E-state index contributed by atoms with van der Waals surface area (Å²) in [5, 5.41) is 2.74. The normalized spacial score (nSPS) is 13.8. The highest BCUT2D eigenvalue weighted by Gasteiger charge is 2.17. The van der Waals surface area contributed by atoms with Gasteiger partial charge in [0.05, 0.1) is 10.4 Å². The van der Waals surface area contributed by atoms with E-state index in [-0.39, 0.29) is 23.8 Å². The largest absolute Gasteiger partial charge is 0.419 e. The number of aryl methyl sites for hydroxylation is 3. The number of aromatic nitrogens is 1. The van der Waals surface area contributed by atoms with Crippen molar-refractivity contribution in [2.24, 2.45) is 7.05 Å². The summed E-state index contributed by atoms with van der Waals surface area (Å²) in [4.78, 5) is 24.0. The maximum Gasteiger partial charge on any atom is 0.419 e. The van der Waals surface area contributed by atoms with Crippen molar-refractivity contribution >= 4 is 32.7 Å². The quantitative estimate of drug-likeness (QED) is 0.546. The molecule has 0 saturated carbocycles. The van der Waals surface area contributed by atoms with Crippen LogP contribution in [-0.2, 0) is 34.7 Å². The Morgan fingerprint density at radius 1 is 1.10 bits per heavy atom. The van der Waals surface area contributed by atoms with E-state index in [1.54, 1.807) is 37.4 Å². The zero-order valence-electron chi connectivity index (χ0n) is 17.3. The number of hydrogen-bond acceptors (Lipinski definition) is 5. The minimum absolute atomic E-state index is 0.156. The highest BCUT2D eigenvalue weighted by molar-refractivity contribution is 7.89. The molecular formula is C22H25N3O5S. The number of sulfonamides is 1. The molecule has 2 aromatic carbocycles. The predicted molar refractivity (Wildman–Crippen MR) is 118 cm³/mol. The van der Waals surface area contributed by atoms with Gasteiger partial charge in [-0.1, -0.05) is 6.07 Å². The Kier molecular flexibility index (Phi) is 5.97. The Morgan fingerprint density at radius 3 is 2.68 bits per heavy atom. The fraction of sp³-hybridized carbons (Fsp3) is 0.364. The molecule has 0 atom stereocenters. The molecule has 0 spiro atoms. The second-order valence-corrected chi connectivity index (χ2v) is 9.56. The van der Waals surface area contributed by atoms with E-state index in [4.69, 9.17) is 4.42 Å². The molecule has 0 radical (unpaired) electrons. The lowest BCUT2D eigenvalue weighted by atomic mass is 9.92. The minimum Gasteiger partial charge on any atom is -0.408 e. The average molecular weight is 444 g/mol. The monoisotopic (exact) mass is 443 g/mol. The Balaban J connectivity index is 1.29. The van der Waals surface area contributed by atoms with Gasteiger partial charge in [-0.05, 0) is 67.5 Å². The number of hydrogen-bond donors (Lipinski definition) is 2. The van der Waals surface area contributed by atoms with E-state index >= 15 is 0 Å². The summed E-state index contributed by atoms with van der Waals surface area (Å²) in [6.07, 6.45) is 4.66. The van der Waals surface area contributed by atoms with E-state index in [2.05, 4.69) is 10.0 Å². The first kappa shape index (κ1) is 21.3. The Morgan fingerprint density at radius 2 is 1.87 bits per heavy atom. The van der Waals surface area contributed by atoms with Gasteiger partial charge in [-0.2, -0.15) is 0 Å². The van der Waals surface area contributed by atoms with E-state index in [1.165, 1.54) is 10.1 Å². The van der Waals surface area contributed by atoms with Gasteiger partial charge in [-0.3, -0.25) is 9.36 Å². The molecule has 4 rings (SSSR count). The Labute approximate surface area is 180 Å². The fourth-order valence-electron chi connectivity index (χ4n) is 3.85. The molecule has 8 nitrogen and oxygen atoms in total. The zero-order chi connectivity index (χ0) is 22.0. The SMILES string of the molecule is Cn1c(=O)oc2cc(NC(=O)CCCNS(=O)(=O)c3ccc4c(c3)CCCC4)ccc21. The minimum atomic E-state index is -3.60. The second-order valence-electron chi connectivity index (χ2n) is 7.80. The van der Waals surface area contributed by atoms with Gasteiger partial charge in [0.15, 0.2) is 5.58 Å². The van der Waals surface area contributed by atoms with Crippen molar-refractivity contribution in [3.05, 3.63) is 58.1 Å². The van der Waals surface area contributed by atoms with Crippen LogP contribution in [-0.4, -0.2) is 25.4 Å². The third-order valence-corrected chi connectivity index (χ3v) is 7.04. The van der Waals surface area contributed by atoms with Crippen LogP contribution in [0.3, 0.4) is 0 Å². The van der Waals surface area contributed by atoms with Gasteiger partial charge in [-0.25, -0.2) is 17.9 Å². The van der Waals surface area contributed by atoms with Crippen LogP contribution in [0.4, 0.5) is 5.69 Å². The van der Waals surface area contributed by atoms with Gasteiger partial charge in [0.25, 0.3) is 0 Å². The van der Waals surface area contributed by atoms with Crippen molar-refractivity contribution in [2.75, 3.05) is 11.9 Å². The first-order chi connectivity index (χ1) is 14.8. The van der Waals surface area contributed by atoms with Gasteiger partial charge < -0.3 is 9.73 Å². The molecule has 0 bridgehead atoms. The number of nitrogens with one attached hydrogen (secondary N) is 2. The number of oxazole rings is 1. The van der Waals surface area contributed by atoms with Crippen LogP contribution in [0.5, 0.6) is 0 Å². The molecule has 0 aliphatic heterocycles. The van der Waals surface area contributed by atoms with E-state index in [0.29, 0.717) is 23.2 Å². The number of fused-ring (bicyclic) bond motifs is 2. The lowest BCUT2D eigenvalue weighted by Crippen LogP contribution is -2.26. The molecule has 1 aromatic heterocycles. The lowest BCUT2D eigenvalue weighted by molar-refractivity contribution is -0.116. The smallest absolute Gasteiger partial charge is 0.408 e. The van der Waals surface area contributed by atoms with Crippen molar-refractivity contribution in [1.29, 1.82) is 0 Å². The predicted octanol–water partition coefficient (Wildman–Crippen LogP) is 2.71. The van der Waals surface area contributed by atoms with Crippen molar-refractivity contribution in [3.8, 4) is 0 Å². The molecule has 1 aliphatic carbocycles. The van der Waals surface area contributed by atoms with Gasteiger partial charge in [-0.15, -0.1) is 0 Å². The van der Waals surface area contributed by atoms with Gasteiger partial charge >= 0.3 is 5.76 Å². The number of carbonyl (C=O) groups excluding carboxylic acids is 1. The third kappa shape index (κ3) is 4.72. The number of amides is 1. The number of rotatable bonds is 7. The molecule has 0 unspecified atom stereocenters. The molecule has 9 heteroatoms. The van der Waals surface area contributed by atoms with Crippen LogP contribution in [0.25, 0.3) is 11.1 Å². The summed E-state index contributed by atoms with van der Waals surface area (Å²) in [5.41, 5.74) is 3.89. The highest BCUT2D eigenvalue weighted by Crippen LogP contribution is 2.24. The molecule has 1 amide bonds.